The Kier molecular flexibility index (Phi) is 9.05. The molecule has 0 fully saturated rings. The summed E-state index contributed by atoms with van der Waals surface area (Å²) in [6.07, 6.45) is 0.923. The Bertz CT molecular complexity index is 1970. The van der Waals surface area contributed by atoms with E-state index in [9.17, 15) is 4.79 Å². The Morgan fingerprint density at radius 2 is 1.26 bits per heavy atom. The van der Waals surface area contributed by atoms with Gasteiger partial charge < -0.3 is 18.9 Å². The van der Waals surface area contributed by atoms with E-state index in [0.717, 1.165) is 67.9 Å². The maximum absolute atomic E-state index is 12.5. The third-order valence-electron chi connectivity index (χ3n) is 9.01. The molecule has 238 valence electrons. The van der Waals surface area contributed by atoms with Gasteiger partial charge in [-0.3, -0.25) is 4.79 Å². The molecule has 0 spiro atoms. The van der Waals surface area contributed by atoms with E-state index in [1.807, 2.05) is 78.9 Å². The summed E-state index contributed by atoms with van der Waals surface area (Å²) in [4.78, 5) is 16.2. The van der Waals surface area contributed by atoms with Crippen LogP contribution in [0.3, 0.4) is 0 Å². The largest absolute Gasteiger partial charge is 0.543 e. The number of benzene rings is 5. The van der Waals surface area contributed by atoms with E-state index >= 15 is 0 Å². The van der Waals surface area contributed by atoms with E-state index in [2.05, 4.69) is 81.3 Å². The Morgan fingerprint density at radius 1 is 0.681 bits per heavy atom. The monoisotopic (exact) mass is 639 g/mol. The highest BCUT2D eigenvalue weighted by atomic mass is 28.4. The summed E-state index contributed by atoms with van der Waals surface area (Å²) in [6.45, 7) is 12.1. The number of ether oxygens (including phenoxy) is 2. The second-order valence-corrected chi connectivity index (χ2v) is 18.1. The maximum Gasteiger partial charge on any atom is 0.250 e. The number of hydrogen-bond donors (Lipinski definition) is 1. The molecule has 0 atom stereocenters. The van der Waals surface area contributed by atoms with Crippen molar-refractivity contribution in [2.45, 2.75) is 52.1 Å². The number of carbonyl (C=O) groups is 1. The van der Waals surface area contributed by atoms with Crippen LogP contribution in [0, 0.1) is 0 Å². The van der Waals surface area contributed by atoms with Crippen molar-refractivity contribution in [3.8, 4) is 39.6 Å². The van der Waals surface area contributed by atoms with Crippen molar-refractivity contribution >= 4 is 25.5 Å². The summed E-state index contributed by atoms with van der Waals surface area (Å²) < 4.78 is 19.0. The molecule has 5 aromatic carbocycles. The van der Waals surface area contributed by atoms with Gasteiger partial charge in [0.25, 0.3) is 0 Å². The molecular weight excluding hydrogens is 599 g/mol. The minimum Gasteiger partial charge on any atom is -0.543 e. The van der Waals surface area contributed by atoms with Crippen LogP contribution in [-0.2, 0) is 13.2 Å². The molecule has 0 saturated heterocycles. The lowest BCUT2D eigenvalue weighted by Gasteiger charge is -2.36. The molecule has 0 unspecified atom stereocenters. The fourth-order valence-electron chi connectivity index (χ4n) is 5.33. The third-order valence-corrected chi connectivity index (χ3v) is 13.4. The van der Waals surface area contributed by atoms with E-state index in [4.69, 9.17) is 13.9 Å². The first-order valence-electron chi connectivity index (χ1n) is 16.0. The number of aromatic amines is 1. The summed E-state index contributed by atoms with van der Waals surface area (Å²) in [6, 6.07) is 40.2. The first-order chi connectivity index (χ1) is 22.6. The second-order valence-electron chi connectivity index (χ2n) is 13.4. The van der Waals surface area contributed by atoms with Crippen LogP contribution in [0.4, 0.5) is 0 Å². The molecule has 1 aromatic heterocycles. The topological polar surface area (TPSA) is 60.5 Å². The highest BCUT2D eigenvalue weighted by Crippen LogP contribution is 2.43. The zero-order chi connectivity index (χ0) is 33.0. The molecule has 47 heavy (non-hydrogen) atoms. The highest BCUT2D eigenvalue weighted by molar-refractivity contribution is 6.74. The smallest absolute Gasteiger partial charge is 0.250 e. The lowest BCUT2D eigenvalue weighted by Crippen LogP contribution is -2.43. The molecular formula is C41H41NO4Si. The minimum absolute atomic E-state index is 0.0307. The molecule has 0 amide bonds. The summed E-state index contributed by atoms with van der Waals surface area (Å²) in [5.74, 6) is 2.31. The molecule has 0 aliphatic rings. The number of aromatic nitrogens is 1. The molecule has 0 aliphatic carbocycles. The van der Waals surface area contributed by atoms with E-state index in [1.54, 1.807) is 0 Å². The van der Waals surface area contributed by atoms with Crippen LogP contribution in [0.2, 0.25) is 18.1 Å². The fraction of sp³-hybridized carbons (Fsp3) is 0.195. The van der Waals surface area contributed by atoms with E-state index < -0.39 is 8.32 Å². The second kappa shape index (κ2) is 13.3. The Balaban J connectivity index is 1.41. The summed E-state index contributed by atoms with van der Waals surface area (Å²) in [5, 5.41) is 1.02. The van der Waals surface area contributed by atoms with Gasteiger partial charge in [-0.05, 0) is 95.0 Å². The SMILES string of the molecule is CC(C)(C)[Si](C)(C)Oc1ccc(C=O)c(-c2c(-c3ccc(OCc4ccccc4)cc3)[nH]c3cc(OCc4ccccc4)ccc23)c1. The van der Waals surface area contributed by atoms with Gasteiger partial charge >= 0.3 is 0 Å². The van der Waals surface area contributed by atoms with Crippen molar-refractivity contribution in [1.29, 1.82) is 0 Å². The lowest BCUT2D eigenvalue weighted by atomic mass is 9.94. The van der Waals surface area contributed by atoms with Crippen LogP contribution in [0.15, 0.2) is 121 Å². The van der Waals surface area contributed by atoms with Gasteiger partial charge in [0, 0.05) is 22.6 Å². The molecule has 6 heteroatoms. The molecule has 1 heterocycles. The van der Waals surface area contributed by atoms with Gasteiger partial charge in [0.05, 0.1) is 11.2 Å². The van der Waals surface area contributed by atoms with Crippen LogP contribution in [0.1, 0.15) is 42.3 Å². The van der Waals surface area contributed by atoms with Crippen LogP contribution in [-0.4, -0.2) is 19.6 Å². The first kappa shape index (κ1) is 31.9. The van der Waals surface area contributed by atoms with Crippen LogP contribution >= 0.6 is 0 Å². The van der Waals surface area contributed by atoms with Gasteiger partial charge in [-0.2, -0.15) is 0 Å². The number of H-pyrrole nitrogens is 1. The number of aldehydes is 1. The zero-order valence-corrected chi connectivity index (χ0v) is 28.7. The molecule has 6 aromatic rings. The number of nitrogens with one attached hydrogen (secondary N) is 1. The summed E-state index contributed by atoms with van der Waals surface area (Å²) in [5.41, 5.74) is 7.37. The Labute approximate surface area is 278 Å². The van der Waals surface area contributed by atoms with Gasteiger partial charge in [-0.15, -0.1) is 0 Å². The Morgan fingerprint density at radius 3 is 1.85 bits per heavy atom. The van der Waals surface area contributed by atoms with Gasteiger partial charge in [0.15, 0.2) is 6.29 Å². The quantitative estimate of drug-likeness (QED) is 0.113. The minimum atomic E-state index is -2.12. The number of hydrogen-bond acceptors (Lipinski definition) is 4. The van der Waals surface area contributed by atoms with E-state index in [0.29, 0.717) is 18.8 Å². The number of fused-ring (bicyclic) bond motifs is 1. The zero-order valence-electron chi connectivity index (χ0n) is 27.7. The molecule has 6 rings (SSSR count). The number of rotatable bonds is 11. The molecule has 0 saturated carbocycles. The highest BCUT2D eigenvalue weighted by Gasteiger charge is 2.39. The molecule has 1 N–H and O–H groups in total. The maximum atomic E-state index is 12.5. The average molecular weight is 640 g/mol. The molecule has 0 aliphatic heterocycles. The molecule has 5 nitrogen and oxygen atoms in total. The third kappa shape index (κ3) is 7.18. The lowest BCUT2D eigenvalue weighted by molar-refractivity contribution is 0.112. The summed E-state index contributed by atoms with van der Waals surface area (Å²) >= 11 is 0. The standard InChI is InChI=1S/C41H41NO4Si/c1-41(2,3)47(4,5)46-35-21-18-32(26-43)37(24-35)39-36-23-22-34(45-28-30-14-10-7-11-15-30)25-38(36)42-40(39)31-16-19-33(20-17-31)44-27-29-12-8-6-9-13-29/h6-26,42H,27-28H2,1-5H3. The number of carbonyl (C=O) groups excluding carboxylic acids is 1. The predicted molar refractivity (Wildman–Crippen MR) is 194 cm³/mol. The van der Waals surface area contributed by atoms with E-state index in [1.165, 1.54) is 0 Å². The Hall–Kier alpha value is -5.07. The van der Waals surface area contributed by atoms with Crippen molar-refractivity contribution in [1.82, 2.24) is 4.98 Å². The van der Waals surface area contributed by atoms with Gasteiger partial charge in [0.1, 0.15) is 30.5 Å². The van der Waals surface area contributed by atoms with Crippen molar-refractivity contribution < 1.29 is 18.7 Å². The summed E-state index contributed by atoms with van der Waals surface area (Å²) in [7, 11) is -2.12. The van der Waals surface area contributed by atoms with Crippen molar-refractivity contribution in [3.05, 3.63) is 138 Å². The average Bonchev–Trinajstić information content (AvgIpc) is 3.45. The van der Waals surface area contributed by atoms with Crippen LogP contribution < -0.4 is 13.9 Å². The van der Waals surface area contributed by atoms with Crippen molar-refractivity contribution in [3.63, 3.8) is 0 Å². The predicted octanol–water partition coefficient (Wildman–Crippen LogP) is 10.9. The first-order valence-corrected chi connectivity index (χ1v) is 18.9. The van der Waals surface area contributed by atoms with Crippen LogP contribution in [0.25, 0.3) is 33.3 Å². The van der Waals surface area contributed by atoms with Gasteiger partial charge in [-0.1, -0.05) is 81.4 Å². The van der Waals surface area contributed by atoms with Crippen molar-refractivity contribution in [2.75, 3.05) is 0 Å². The molecule has 0 bridgehead atoms. The molecule has 0 radical (unpaired) electrons. The van der Waals surface area contributed by atoms with Crippen LogP contribution in [0.5, 0.6) is 17.2 Å². The van der Waals surface area contributed by atoms with Gasteiger partial charge in [0.2, 0.25) is 8.32 Å². The fourth-order valence-corrected chi connectivity index (χ4v) is 6.35. The van der Waals surface area contributed by atoms with E-state index in [-0.39, 0.29) is 5.04 Å². The normalized spacial score (nSPS) is 11.8. The van der Waals surface area contributed by atoms with Crippen molar-refractivity contribution in [2.24, 2.45) is 0 Å². The van der Waals surface area contributed by atoms with Gasteiger partial charge in [-0.25, -0.2) is 0 Å².